The molecular weight excluding hydrogens is 233 g/mol. The van der Waals surface area contributed by atoms with Crippen molar-refractivity contribution in [1.29, 1.82) is 0 Å². The first kappa shape index (κ1) is 12.9. The van der Waals surface area contributed by atoms with E-state index in [1.807, 2.05) is 0 Å². The highest BCUT2D eigenvalue weighted by Crippen LogP contribution is 2.24. The third kappa shape index (κ3) is 3.22. The van der Waals surface area contributed by atoms with E-state index in [9.17, 15) is 9.18 Å². The van der Waals surface area contributed by atoms with Crippen LogP contribution >= 0.6 is 0 Å². The second-order valence-electron chi connectivity index (χ2n) is 4.84. The second-order valence-corrected chi connectivity index (χ2v) is 4.84. The molecule has 0 atom stereocenters. The minimum absolute atomic E-state index is 0.0406. The van der Waals surface area contributed by atoms with Crippen molar-refractivity contribution < 1.29 is 13.9 Å². The Labute approximate surface area is 106 Å². The molecule has 18 heavy (non-hydrogen) atoms. The van der Waals surface area contributed by atoms with Crippen LogP contribution < -0.4 is 5.73 Å². The number of anilines is 1. The fourth-order valence-electron chi connectivity index (χ4n) is 2.28. The molecule has 1 aromatic rings. The Kier molecular flexibility index (Phi) is 4.18. The Bertz CT molecular complexity index is 428. The van der Waals surface area contributed by atoms with Crippen LogP contribution in [0.4, 0.5) is 10.1 Å². The lowest BCUT2D eigenvalue weighted by Crippen LogP contribution is -2.17. The summed E-state index contributed by atoms with van der Waals surface area (Å²) in [6, 6.07) is 3.99. The van der Waals surface area contributed by atoms with Crippen molar-refractivity contribution in [3.8, 4) is 0 Å². The summed E-state index contributed by atoms with van der Waals surface area (Å²) in [5.74, 6) is -0.595. The summed E-state index contributed by atoms with van der Waals surface area (Å²) in [6.07, 6.45) is 5.91. The summed E-state index contributed by atoms with van der Waals surface area (Å²) in [5, 5.41) is 0. The van der Waals surface area contributed by atoms with E-state index in [0.717, 1.165) is 18.9 Å². The molecule has 98 valence electrons. The normalized spacial score (nSPS) is 16.5. The first-order valence-electron chi connectivity index (χ1n) is 6.39. The van der Waals surface area contributed by atoms with Crippen LogP contribution in [-0.4, -0.2) is 12.6 Å². The van der Waals surface area contributed by atoms with E-state index in [0.29, 0.717) is 12.5 Å². The van der Waals surface area contributed by atoms with Crippen LogP contribution in [0.25, 0.3) is 0 Å². The van der Waals surface area contributed by atoms with Gasteiger partial charge in [0.25, 0.3) is 0 Å². The largest absolute Gasteiger partial charge is 0.462 e. The van der Waals surface area contributed by atoms with Crippen LogP contribution in [0.2, 0.25) is 0 Å². The molecule has 0 bridgehead atoms. The first-order valence-corrected chi connectivity index (χ1v) is 6.39. The van der Waals surface area contributed by atoms with E-state index >= 15 is 0 Å². The minimum atomic E-state index is -0.581. The molecule has 2 N–H and O–H groups in total. The molecule has 0 aliphatic heterocycles. The van der Waals surface area contributed by atoms with E-state index in [1.165, 1.54) is 31.4 Å². The van der Waals surface area contributed by atoms with Gasteiger partial charge >= 0.3 is 5.97 Å². The molecule has 1 fully saturated rings. The number of benzene rings is 1. The van der Waals surface area contributed by atoms with E-state index < -0.39 is 11.8 Å². The molecule has 0 heterocycles. The zero-order valence-corrected chi connectivity index (χ0v) is 10.3. The van der Waals surface area contributed by atoms with Crippen LogP contribution in [0.15, 0.2) is 18.2 Å². The maximum Gasteiger partial charge on any atom is 0.338 e. The first-order chi connectivity index (χ1) is 8.66. The Morgan fingerprint density at radius 2 is 2.06 bits per heavy atom. The van der Waals surface area contributed by atoms with Gasteiger partial charge in [-0.15, -0.1) is 0 Å². The van der Waals surface area contributed by atoms with Crippen molar-refractivity contribution in [2.75, 3.05) is 12.3 Å². The Balaban J connectivity index is 1.88. The summed E-state index contributed by atoms with van der Waals surface area (Å²) < 4.78 is 18.4. The number of carbonyl (C=O) groups is 1. The maximum atomic E-state index is 13.2. The van der Waals surface area contributed by atoms with Gasteiger partial charge in [0, 0.05) is 0 Å². The smallest absolute Gasteiger partial charge is 0.338 e. The molecule has 0 spiro atoms. The molecular formula is C14H18FNO2. The van der Waals surface area contributed by atoms with Crippen LogP contribution in [0.3, 0.4) is 0 Å². The molecule has 2 rings (SSSR count). The van der Waals surface area contributed by atoms with Crippen molar-refractivity contribution in [1.82, 2.24) is 0 Å². The number of hydrogen-bond acceptors (Lipinski definition) is 3. The van der Waals surface area contributed by atoms with Crippen molar-refractivity contribution in [2.24, 2.45) is 5.92 Å². The zero-order valence-electron chi connectivity index (χ0n) is 10.3. The molecule has 1 saturated carbocycles. The van der Waals surface area contributed by atoms with Gasteiger partial charge in [0.05, 0.1) is 17.9 Å². The molecule has 4 heteroatoms. The van der Waals surface area contributed by atoms with Crippen molar-refractivity contribution in [3.05, 3.63) is 29.6 Å². The topological polar surface area (TPSA) is 52.3 Å². The second kappa shape index (κ2) is 5.85. The SMILES string of the molecule is Nc1ccc(C(=O)OCC2CCCCC2)cc1F. The van der Waals surface area contributed by atoms with Crippen molar-refractivity contribution >= 4 is 11.7 Å². The quantitative estimate of drug-likeness (QED) is 0.663. The molecule has 0 unspecified atom stereocenters. The van der Waals surface area contributed by atoms with Crippen LogP contribution in [0.5, 0.6) is 0 Å². The Morgan fingerprint density at radius 3 is 2.72 bits per heavy atom. The monoisotopic (exact) mass is 251 g/mol. The number of halogens is 1. The number of rotatable bonds is 3. The third-order valence-corrected chi connectivity index (χ3v) is 3.41. The van der Waals surface area contributed by atoms with Crippen molar-refractivity contribution in [2.45, 2.75) is 32.1 Å². The standard InChI is InChI=1S/C14H18FNO2/c15-12-8-11(6-7-13(12)16)14(17)18-9-10-4-2-1-3-5-10/h6-8,10H,1-5,9,16H2. The molecule has 1 aliphatic carbocycles. The average Bonchev–Trinajstić information content (AvgIpc) is 2.40. The summed E-state index contributed by atoms with van der Waals surface area (Å²) in [5.41, 5.74) is 5.61. The van der Waals surface area contributed by atoms with Gasteiger partial charge in [0.15, 0.2) is 0 Å². The number of ether oxygens (including phenoxy) is 1. The van der Waals surface area contributed by atoms with Gasteiger partial charge < -0.3 is 10.5 Å². The molecule has 1 aromatic carbocycles. The van der Waals surface area contributed by atoms with Gasteiger partial charge in [-0.1, -0.05) is 19.3 Å². The predicted molar refractivity (Wildman–Crippen MR) is 67.7 cm³/mol. The summed E-state index contributed by atoms with van der Waals surface area (Å²) >= 11 is 0. The van der Waals surface area contributed by atoms with E-state index in [4.69, 9.17) is 10.5 Å². The lowest BCUT2D eigenvalue weighted by atomic mass is 9.90. The maximum absolute atomic E-state index is 13.2. The van der Waals surface area contributed by atoms with E-state index in [1.54, 1.807) is 0 Å². The number of hydrogen-bond donors (Lipinski definition) is 1. The molecule has 3 nitrogen and oxygen atoms in total. The van der Waals surface area contributed by atoms with Gasteiger partial charge in [0.1, 0.15) is 5.82 Å². The third-order valence-electron chi connectivity index (χ3n) is 3.41. The summed E-state index contributed by atoms with van der Waals surface area (Å²) in [4.78, 5) is 11.7. The molecule has 0 radical (unpaired) electrons. The van der Waals surface area contributed by atoms with Crippen molar-refractivity contribution in [3.63, 3.8) is 0 Å². The molecule has 0 saturated heterocycles. The lowest BCUT2D eigenvalue weighted by Gasteiger charge is -2.21. The lowest BCUT2D eigenvalue weighted by molar-refractivity contribution is 0.0410. The van der Waals surface area contributed by atoms with Gasteiger partial charge in [-0.2, -0.15) is 0 Å². The van der Waals surface area contributed by atoms with E-state index in [-0.39, 0.29) is 11.3 Å². The van der Waals surface area contributed by atoms with E-state index in [2.05, 4.69) is 0 Å². The molecule has 0 aromatic heterocycles. The fraction of sp³-hybridized carbons (Fsp3) is 0.500. The van der Waals surface area contributed by atoms with Gasteiger partial charge in [-0.25, -0.2) is 9.18 Å². The van der Waals surface area contributed by atoms with Crippen LogP contribution in [0, 0.1) is 11.7 Å². The minimum Gasteiger partial charge on any atom is -0.462 e. The molecule has 0 amide bonds. The Hall–Kier alpha value is -1.58. The zero-order chi connectivity index (χ0) is 13.0. The predicted octanol–water partition coefficient (Wildman–Crippen LogP) is 3.15. The van der Waals surface area contributed by atoms with Gasteiger partial charge in [-0.05, 0) is 37.0 Å². The highest BCUT2D eigenvalue weighted by molar-refractivity contribution is 5.89. The summed E-state index contributed by atoms with van der Waals surface area (Å²) in [7, 11) is 0. The number of nitrogens with two attached hydrogens (primary N) is 1. The van der Waals surface area contributed by atoms with Crippen LogP contribution in [0.1, 0.15) is 42.5 Å². The number of carbonyl (C=O) groups excluding carboxylic acids is 1. The number of nitrogen functional groups attached to an aromatic ring is 1. The molecule has 1 aliphatic rings. The number of esters is 1. The highest BCUT2D eigenvalue weighted by atomic mass is 19.1. The van der Waals surface area contributed by atoms with Gasteiger partial charge in [0.2, 0.25) is 0 Å². The summed E-state index contributed by atoms with van der Waals surface area (Å²) in [6.45, 7) is 0.435. The van der Waals surface area contributed by atoms with Gasteiger partial charge in [-0.3, -0.25) is 0 Å². The Morgan fingerprint density at radius 1 is 1.33 bits per heavy atom. The van der Waals surface area contributed by atoms with Crippen LogP contribution in [-0.2, 0) is 4.74 Å². The average molecular weight is 251 g/mol. The highest BCUT2D eigenvalue weighted by Gasteiger charge is 2.16. The fourth-order valence-corrected chi connectivity index (χ4v) is 2.28.